The van der Waals surface area contributed by atoms with Gasteiger partial charge in [0.15, 0.2) is 5.75 Å². The summed E-state index contributed by atoms with van der Waals surface area (Å²) in [5.74, 6) is 0.354. The van der Waals surface area contributed by atoms with Crippen molar-refractivity contribution in [2.24, 2.45) is 5.92 Å². The van der Waals surface area contributed by atoms with E-state index in [1.807, 2.05) is 48.9 Å². The molecule has 0 aliphatic heterocycles. The molecule has 0 atom stereocenters. The molecule has 0 saturated heterocycles. The highest BCUT2D eigenvalue weighted by atomic mass is 35.5. The van der Waals surface area contributed by atoms with E-state index in [1.165, 1.54) is 0 Å². The van der Waals surface area contributed by atoms with Crippen molar-refractivity contribution in [1.29, 1.82) is 0 Å². The summed E-state index contributed by atoms with van der Waals surface area (Å²) in [5, 5.41) is 4.44. The van der Waals surface area contributed by atoms with Gasteiger partial charge in [0, 0.05) is 36.8 Å². The molecule has 174 valence electrons. The summed E-state index contributed by atoms with van der Waals surface area (Å²) in [6.45, 7) is 5.87. The number of amides is 2. The highest BCUT2D eigenvalue weighted by molar-refractivity contribution is 6.30. The molecule has 2 amide bonds. The standard InChI is InChI=1S/C25H29ClN4O3/c1-3-12-29(13-4-2)25(32)33-22-10-9-21-20(23(22)28-24(31)17-5-6-17)11-14-30(21)16-19-8-7-18(26)15-27-19/h7-11,14-15,17H,3-6,12-13,16H2,1-2H3,(H,28,31). The number of rotatable bonds is 9. The summed E-state index contributed by atoms with van der Waals surface area (Å²) >= 11 is 5.95. The lowest BCUT2D eigenvalue weighted by Crippen LogP contribution is -2.35. The Morgan fingerprint density at radius 2 is 1.91 bits per heavy atom. The number of nitrogens with zero attached hydrogens (tertiary/aromatic N) is 3. The fourth-order valence-electron chi connectivity index (χ4n) is 3.84. The van der Waals surface area contributed by atoms with Crippen LogP contribution in [0.1, 0.15) is 45.2 Å². The number of fused-ring (bicyclic) bond motifs is 1. The van der Waals surface area contributed by atoms with Crippen molar-refractivity contribution in [3.63, 3.8) is 0 Å². The van der Waals surface area contributed by atoms with Crippen LogP contribution < -0.4 is 10.1 Å². The van der Waals surface area contributed by atoms with Crippen LogP contribution in [-0.2, 0) is 11.3 Å². The summed E-state index contributed by atoms with van der Waals surface area (Å²) in [4.78, 5) is 31.6. The lowest BCUT2D eigenvalue weighted by atomic mass is 10.2. The van der Waals surface area contributed by atoms with Crippen molar-refractivity contribution in [3.05, 3.63) is 53.4 Å². The first-order chi connectivity index (χ1) is 16.0. The Morgan fingerprint density at radius 3 is 2.55 bits per heavy atom. The number of nitrogens with one attached hydrogen (secondary N) is 1. The van der Waals surface area contributed by atoms with Gasteiger partial charge in [-0.25, -0.2) is 4.79 Å². The molecule has 2 heterocycles. The normalized spacial score (nSPS) is 13.2. The molecule has 0 unspecified atom stereocenters. The van der Waals surface area contributed by atoms with Crippen LogP contribution >= 0.6 is 11.6 Å². The van der Waals surface area contributed by atoms with Crippen LogP contribution in [0, 0.1) is 5.92 Å². The van der Waals surface area contributed by atoms with Crippen LogP contribution in [0.3, 0.4) is 0 Å². The zero-order valence-corrected chi connectivity index (χ0v) is 19.8. The molecule has 2 aromatic heterocycles. The number of carbonyl (C=O) groups excluding carboxylic acids is 2. The summed E-state index contributed by atoms with van der Waals surface area (Å²) in [7, 11) is 0. The first-order valence-electron chi connectivity index (χ1n) is 11.5. The zero-order chi connectivity index (χ0) is 23.4. The van der Waals surface area contributed by atoms with Gasteiger partial charge >= 0.3 is 6.09 Å². The second-order valence-corrected chi connectivity index (χ2v) is 8.84. The summed E-state index contributed by atoms with van der Waals surface area (Å²) < 4.78 is 7.84. The monoisotopic (exact) mass is 468 g/mol. The zero-order valence-electron chi connectivity index (χ0n) is 19.0. The molecule has 0 bridgehead atoms. The number of anilines is 1. The molecule has 1 saturated carbocycles. The Morgan fingerprint density at radius 1 is 1.15 bits per heavy atom. The number of hydrogen-bond acceptors (Lipinski definition) is 4. The minimum absolute atomic E-state index is 0.0286. The third-order valence-electron chi connectivity index (χ3n) is 5.67. The Bertz CT molecular complexity index is 1130. The van der Waals surface area contributed by atoms with Crippen LogP contribution in [0.4, 0.5) is 10.5 Å². The number of carbonyl (C=O) groups is 2. The van der Waals surface area contributed by atoms with Crippen molar-refractivity contribution >= 4 is 40.2 Å². The van der Waals surface area contributed by atoms with Gasteiger partial charge in [0.2, 0.25) is 5.91 Å². The Balaban J connectivity index is 1.66. The van der Waals surface area contributed by atoms with Gasteiger partial charge in [-0.05, 0) is 56.0 Å². The number of pyridine rings is 1. The quantitative estimate of drug-likeness (QED) is 0.436. The maximum atomic E-state index is 12.9. The first-order valence-corrected chi connectivity index (χ1v) is 11.9. The second-order valence-electron chi connectivity index (χ2n) is 8.40. The van der Waals surface area contributed by atoms with Crippen molar-refractivity contribution in [2.45, 2.75) is 46.1 Å². The lowest BCUT2D eigenvalue weighted by Gasteiger charge is -2.22. The Kier molecular flexibility index (Phi) is 7.18. The fraction of sp³-hybridized carbons (Fsp3) is 0.400. The predicted octanol–water partition coefficient (Wildman–Crippen LogP) is 5.71. The molecule has 1 N–H and O–H groups in total. The molecule has 8 heteroatoms. The number of aromatic nitrogens is 2. The van der Waals surface area contributed by atoms with Crippen molar-refractivity contribution < 1.29 is 14.3 Å². The molecule has 1 aliphatic rings. The van der Waals surface area contributed by atoms with E-state index >= 15 is 0 Å². The summed E-state index contributed by atoms with van der Waals surface area (Å²) in [6.07, 6.45) is 6.65. The fourth-order valence-corrected chi connectivity index (χ4v) is 3.95. The molecule has 1 fully saturated rings. The molecule has 7 nitrogen and oxygen atoms in total. The van der Waals surface area contributed by atoms with E-state index in [9.17, 15) is 9.59 Å². The predicted molar refractivity (Wildman–Crippen MR) is 130 cm³/mol. The molecular formula is C25H29ClN4O3. The minimum atomic E-state index is -0.398. The van der Waals surface area contributed by atoms with E-state index in [0.717, 1.165) is 42.3 Å². The van der Waals surface area contributed by atoms with Gasteiger partial charge in [0.25, 0.3) is 0 Å². The van der Waals surface area contributed by atoms with Crippen LogP contribution in [0.2, 0.25) is 5.02 Å². The number of ether oxygens (including phenoxy) is 1. The van der Waals surface area contributed by atoms with Gasteiger partial charge in [-0.1, -0.05) is 25.4 Å². The van der Waals surface area contributed by atoms with Crippen LogP contribution in [0.5, 0.6) is 5.75 Å². The largest absolute Gasteiger partial charge is 0.415 e. The molecule has 3 aromatic rings. The van der Waals surface area contributed by atoms with Gasteiger partial charge < -0.3 is 19.5 Å². The molecule has 0 spiro atoms. The van der Waals surface area contributed by atoms with Crippen LogP contribution in [0.15, 0.2) is 42.7 Å². The smallest absolute Gasteiger partial charge is 0.408 e. The molecule has 33 heavy (non-hydrogen) atoms. The molecular weight excluding hydrogens is 440 g/mol. The average Bonchev–Trinajstić information content (AvgIpc) is 3.58. The van der Waals surface area contributed by atoms with E-state index in [4.69, 9.17) is 16.3 Å². The third kappa shape index (κ3) is 5.47. The first kappa shape index (κ1) is 23.1. The van der Waals surface area contributed by atoms with E-state index in [-0.39, 0.29) is 11.8 Å². The highest BCUT2D eigenvalue weighted by Gasteiger charge is 2.31. The van der Waals surface area contributed by atoms with E-state index < -0.39 is 6.09 Å². The third-order valence-corrected chi connectivity index (χ3v) is 5.90. The average molecular weight is 469 g/mol. The van der Waals surface area contributed by atoms with Gasteiger partial charge in [-0.3, -0.25) is 9.78 Å². The van der Waals surface area contributed by atoms with Gasteiger partial charge in [0.1, 0.15) is 0 Å². The number of hydrogen-bond donors (Lipinski definition) is 1. The molecule has 1 aromatic carbocycles. The molecule has 0 radical (unpaired) electrons. The summed E-state index contributed by atoms with van der Waals surface area (Å²) in [5.41, 5.74) is 2.32. The van der Waals surface area contributed by atoms with Gasteiger partial charge in [0.05, 0.1) is 28.5 Å². The minimum Gasteiger partial charge on any atom is -0.408 e. The SMILES string of the molecule is CCCN(CCC)C(=O)Oc1ccc2c(ccn2Cc2ccc(Cl)cn2)c1NC(=O)C1CC1. The Labute approximate surface area is 198 Å². The highest BCUT2D eigenvalue weighted by Crippen LogP contribution is 2.37. The van der Waals surface area contributed by atoms with Crippen molar-refractivity contribution in [3.8, 4) is 5.75 Å². The number of benzene rings is 1. The summed E-state index contributed by atoms with van der Waals surface area (Å²) in [6, 6.07) is 9.29. The van der Waals surface area contributed by atoms with E-state index in [1.54, 1.807) is 17.2 Å². The maximum absolute atomic E-state index is 12.9. The van der Waals surface area contributed by atoms with Crippen LogP contribution in [0.25, 0.3) is 10.9 Å². The van der Waals surface area contributed by atoms with Crippen LogP contribution in [-0.4, -0.2) is 39.5 Å². The van der Waals surface area contributed by atoms with Crippen molar-refractivity contribution in [1.82, 2.24) is 14.5 Å². The number of halogens is 1. The lowest BCUT2D eigenvalue weighted by molar-refractivity contribution is -0.117. The second kappa shape index (κ2) is 10.3. The van der Waals surface area contributed by atoms with E-state index in [2.05, 4.69) is 10.3 Å². The topological polar surface area (TPSA) is 76.5 Å². The van der Waals surface area contributed by atoms with Gasteiger partial charge in [-0.2, -0.15) is 0 Å². The van der Waals surface area contributed by atoms with E-state index in [0.29, 0.717) is 36.1 Å². The maximum Gasteiger partial charge on any atom is 0.415 e. The van der Waals surface area contributed by atoms with Gasteiger partial charge in [-0.15, -0.1) is 0 Å². The molecule has 4 rings (SSSR count). The van der Waals surface area contributed by atoms with Crippen molar-refractivity contribution in [2.75, 3.05) is 18.4 Å². The Hall–Kier alpha value is -3.06. The molecule has 1 aliphatic carbocycles.